The van der Waals surface area contributed by atoms with E-state index in [0.29, 0.717) is 0 Å². The molecule has 0 bridgehead atoms. The molecule has 1 N–H and O–H groups in total. The summed E-state index contributed by atoms with van der Waals surface area (Å²) in [6, 6.07) is 0. The van der Waals surface area contributed by atoms with Crippen molar-refractivity contribution in [1.29, 1.82) is 0 Å². The van der Waals surface area contributed by atoms with Crippen molar-refractivity contribution in [2.24, 2.45) is 0 Å². The second kappa shape index (κ2) is 6.98. The van der Waals surface area contributed by atoms with Crippen molar-refractivity contribution in [3.05, 3.63) is 23.7 Å². The summed E-state index contributed by atoms with van der Waals surface area (Å²) >= 11 is 0. The normalized spacial score (nSPS) is 8.67. The Morgan fingerprint density at radius 1 is 0.933 bits per heavy atom. The first-order valence-corrected chi connectivity index (χ1v) is 5.54. The molecule has 2 rings (SSSR count). The van der Waals surface area contributed by atoms with Crippen LogP contribution in [0, 0.1) is 13.8 Å². The topological polar surface area (TPSA) is 41.6 Å². The lowest BCUT2D eigenvalue weighted by molar-refractivity contribution is 1.05. The molecule has 0 aliphatic heterocycles. The van der Waals surface area contributed by atoms with Crippen LogP contribution in [0.1, 0.15) is 39.0 Å². The number of H-pyrrole nitrogens is 1. The van der Waals surface area contributed by atoms with Gasteiger partial charge < -0.3 is 4.98 Å². The summed E-state index contributed by atoms with van der Waals surface area (Å²) in [5, 5.41) is 8.77. The Bertz CT molecular complexity index is 391. The zero-order chi connectivity index (χ0) is 11.8. The molecule has 0 spiro atoms. The third kappa shape index (κ3) is 3.05. The summed E-state index contributed by atoms with van der Waals surface area (Å²) in [6.45, 7) is 12.1. The summed E-state index contributed by atoms with van der Waals surface area (Å²) < 4.78 is 0. The van der Waals surface area contributed by atoms with Gasteiger partial charge in [-0.25, -0.2) is 0 Å². The van der Waals surface area contributed by atoms with Gasteiger partial charge in [-0.05, 0) is 19.4 Å². The van der Waals surface area contributed by atoms with Gasteiger partial charge in [-0.3, -0.25) is 0 Å². The third-order valence-corrected chi connectivity index (χ3v) is 2.02. The van der Waals surface area contributed by atoms with Crippen LogP contribution in [0.3, 0.4) is 0 Å². The summed E-state index contributed by atoms with van der Waals surface area (Å²) in [7, 11) is 0. The van der Waals surface area contributed by atoms with E-state index in [2.05, 4.69) is 29.0 Å². The minimum absolute atomic E-state index is 1.06. The van der Waals surface area contributed by atoms with Crippen molar-refractivity contribution in [3.63, 3.8) is 0 Å². The van der Waals surface area contributed by atoms with Gasteiger partial charge in [0.1, 0.15) is 0 Å². The van der Waals surface area contributed by atoms with Gasteiger partial charge in [0.15, 0.2) is 0 Å². The molecule has 0 amide bonds. The Hall–Kier alpha value is -1.38. The fourth-order valence-electron chi connectivity index (χ4n) is 1.22. The maximum absolute atomic E-state index is 3.82. The average molecular weight is 207 g/mol. The monoisotopic (exact) mass is 207 g/mol. The minimum atomic E-state index is 1.06. The predicted molar refractivity (Wildman–Crippen MR) is 66.1 cm³/mol. The molecule has 0 aromatic carbocycles. The molecule has 3 nitrogen and oxygen atoms in total. The molecule has 0 fully saturated rings. The molecule has 0 saturated carbocycles. The van der Waals surface area contributed by atoms with Crippen LogP contribution in [0.25, 0.3) is 10.9 Å². The second-order valence-electron chi connectivity index (χ2n) is 2.69. The Balaban J connectivity index is 0.000000442. The molecule has 0 unspecified atom stereocenters. The first kappa shape index (κ1) is 13.6. The molecule has 0 saturated heterocycles. The Morgan fingerprint density at radius 2 is 1.47 bits per heavy atom. The molecular weight excluding hydrogens is 186 g/mol. The van der Waals surface area contributed by atoms with Crippen molar-refractivity contribution in [2.45, 2.75) is 41.5 Å². The Labute approximate surface area is 91.9 Å². The average Bonchev–Trinajstić information content (AvgIpc) is 2.61. The molecule has 84 valence electrons. The quantitative estimate of drug-likeness (QED) is 0.716. The van der Waals surface area contributed by atoms with Crippen molar-refractivity contribution in [1.82, 2.24) is 15.2 Å². The van der Waals surface area contributed by atoms with Gasteiger partial charge in [-0.1, -0.05) is 27.7 Å². The van der Waals surface area contributed by atoms with Crippen LogP contribution in [-0.4, -0.2) is 15.2 Å². The first-order chi connectivity index (χ1) is 7.29. The van der Waals surface area contributed by atoms with Crippen molar-refractivity contribution < 1.29 is 0 Å². The third-order valence-electron chi connectivity index (χ3n) is 2.02. The SMILES string of the molecule is CC.CC.Cc1[nH]c2cnncc2c1C. The number of aromatic amines is 1. The number of rotatable bonds is 0. The van der Waals surface area contributed by atoms with Crippen LogP contribution in [0.4, 0.5) is 0 Å². The van der Waals surface area contributed by atoms with E-state index in [1.807, 2.05) is 27.7 Å². The Kier molecular flexibility index (Phi) is 6.34. The largest absolute Gasteiger partial charge is 0.357 e. The molecule has 2 aromatic rings. The van der Waals surface area contributed by atoms with E-state index in [1.54, 1.807) is 12.4 Å². The van der Waals surface area contributed by atoms with E-state index in [9.17, 15) is 0 Å². The number of aryl methyl sites for hydroxylation is 2. The van der Waals surface area contributed by atoms with Crippen LogP contribution in [0.5, 0.6) is 0 Å². The number of hydrogen-bond acceptors (Lipinski definition) is 2. The van der Waals surface area contributed by atoms with Crippen LogP contribution in [-0.2, 0) is 0 Å². The van der Waals surface area contributed by atoms with E-state index < -0.39 is 0 Å². The lowest BCUT2D eigenvalue weighted by Crippen LogP contribution is -1.77. The second-order valence-corrected chi connectivity index (χ2v) is 2.69. The van der Waals surface area contributed by atoms with E-state index in [1.165, 1.54) is 11.3 Å². The molecule has 2 aromatic heterocycles. The maximum Gasteiger partial charge on any atom is 0.0737 e. The van der Waals surface area contributed by atoms with Crippen molar-refractivity contribution in [2.75, 3.05) is 0 Å². The van der Waals surface area contributed by atoms with Crippen LogP contribution < -0.4 is 0 Å². The molecule has 3 heteroatoms. The van der Waals surface area contributed by atoms with E-state index >= 15 is 0 Å². The summed E-state index contributed by atoms with van der Waals surface area (Å²) in [4.78, 5) is 3.22. The molecule has 0 aliphatic rings. The van der Waals surface area contributed by atoms with E-state index in [4.69, 9.17) is 0 Å². The van der Waals surface area contributed by atoms with Gasteiger partial charge in [-0.15, -0.1) is 0 Å². The molecule has 0 aliphatic carbocycles. The van der Waals surface area contributed by atoms with E-state index in [-0.39, 0.29) is 0 Å². The zero-order valence-electron chi connectivity index (χ0n) is 10.5. The molecule has 15 heavy (non-hydrogen) atoms. The van der Waals surface area contributed by atoms with Gasteiger partial charge in [0.2, 0.25) is 0 Å². The van der Waals surface area contributed by atoms with Gasteiger partial charge in [0.25, 0.3) is 0 Å². The highest BCUT2D eigenvalue weighted by Gasteiger charge is 2.02. The smallest absolute Gasteiger partial charge is 0.0737 e. The number of hydrogen-bond donors (Lipinski definition) is 1. The van der Waals surface area contributed by atoms with Gasteiger partial charge in [0.05, 0.1) is 17.9 Å². The van der Waals surface area contributed by atoms with Crippen LogP contribution >= 0.6 is 0 Å². The number of aromatic nitrogens is 3. The highest BCUT2D eigenvalue weighted by Crippen LogP contribution is 2.17. The number of nitrogens with zero attached hydrogens (tertiary/aromatic N) is 2. The lowest BCUT2D eigenvalue weighted by Gasteiger charge is -1.86. The van der Waals surface area contributed by atoms with Gasteiger partial charge in [0, 0.05) is 11.1 Å². The van der Waals surface area contributed by atoms with E-state index in [0.717, 1.165) is 10.9 Å². The minimum Gasteiger partial charge on any atom is -0.357 e. The Morgan fingerprint density at radius 3 is 2.00 bits per heavy atom. The fourth-order valence-corrected chi connectivity index (χ4v) is 1.22. The molecule has 0 atom stereocenters. The summed E-state index contributed by atoms with van der Waals surface area (Å²) in [5.74, 6) is 0. The zero-order valence-corrected chi connectivity index (χ0v) is 10.5. The van der Waals surface area contributed by atoms with Crippen molar-refractivity contribution in [3.8, 4) is 0 Å². The van der Waals surface area contributed by atoms with Crippen molar-refractivity contribution >= 4 is 10.9 Å². The summed E-state index contributed by atoms with van der Waals surface area (Å²) in [6.07, 6.45) is 3.53. The highest BCUT2D eigenvalue weighted by molar-refractivity contribution is 5.82. The molecule has 2 heterocycles. The predicted octanol–water partition coefficient (Wildman–Crippen LogP) is 3.63. The number of nitrogens with one attached hydrogen (secondary N) is 1. The van der Waals surface area contributed by atoms with Gasteiger partial charge in [-0.2, -0.15) is 10.2 Å². The molecular formula is C12H21N3. The highest BCUT2D eigenvalue weighted by atomic mass is 15.1. The standard InChI is InChI=1S/C8H9N3.2C2H6/c1-5-6(2)11-8-4-10-9-3-7(5)8;2*1-2/h3-4,11H,1-2H3;2*1-2H3. The molecule has 0 radical (unpaired) electrons. The first-order valence-electron chi connectivity index (χ1n) is 5.54. The van der Waals surface area contributed by atoms with Crippen LogP contribution in [0.2, 0.25) is 0 Å². The lowest BCUT2D eigenvalue weighted by atomic mass is 10.2. The number of fused-ring (bicyclic) bond motifs is 1. The van der Waals surface area contributed by atoms with Crippen LogP contribution in [0.15, 0.2) is 12.4 Å². The summed E-state index contributed by atoms with van der Waals surface area (Å²) in [5.41, 5.74) is 3.51. The maximum atomic E-state index is 3.82. The fraction of sp³-hybridized carbons (Fsp3) is 0.500. The van der Waals surface area contributed by atoms with Gasteiger partial charge >= 0.3 is 0 Å².